The second-order valence-electron chi connectivity index (χ2n) is 1.46. The fraction of sp³-hybridized carbons (Fsp3) is 0.750. The Morgan fingerprint density at radius 1 is 1.75 bits per heavy atom. The molecule has 2 nitrogen and oxygen atoms in total. The molecular weight excluding hydrogens is 144 g/mol. The van der Waals surface area contributed by atoms with Crippen LogP contribution in [0.25, 0.3) is 0 Å². The fourth-order valence-corrected chi connectivity index (χ4v) is 1.63. The second-order valence-corrected chi connectivity index (χ2v) is 3.08. The first-order valence-corrected chi connectivity index (χ1v) is 3.97. The summed E-state index contributed by atoms with van der Waals surface area (Å²) in [5.74, 6) is 0.935. The average Bonchev–Trinajstić information content (AvgIpc) is 1.90. The molecule has 0 radical (unpaired) electrons. The first kappa shape index (κ1) is 6.32. The van der Waals surface area contributed by atoms with Crippen molar-refractivity contribution < 1.29 is 8.39 Å². The van der Waals surface area contributed by atoms with Crippen LogP contribution in [-0.2, 0) is 15.4 Å². The maximum absolute atomic E-state index is 10.1. The van der Waals surface area contributed by atoms with Crippen molar-refractivity contribution in [2.24, 2.45) is 0 Å². The first-order valence-electron chi connectivity index (χ1n) is 2.32. The van der Waals surface area contributed by atoms with Crippen molar-refractivity contribution in [3.63, 3.8) is 0 Å². The van der Waals surface area contributed by atoms with E-state index < -0.39 is 0 Å². The molecule has 1 saturated heterocycles. The summed E-state index contributed by atoms with van der Waals surface area (Å²) in [5, 5.41) is 0. The summed E-state index contributed by atoms with van der Waals surface area (Å²) in [7, 11) is 0. The van der Waals surface area contributed by atoms with Gasteiger partial charge in [-0.25, -0.2) is 4.21 Å². The zero-order chi connectivity index (χ0) is 5.82. The van der Waals surface area contributed by atoms with Gasteiger partial charge in [0, 0.05) is 5.75 Å². The Bertz CT molecular complexity index is 120. The van der Waals surface area contributed by atoms with Gasteiger partial charge in [0.2, 0.25) is 0 Å². The molecule has 0 spiro atoms. The van der Waals surface area contributed by atoms with Gasteiger partial charge in [0.05, 0.1) is 22.7 Å². The molecule has 1 fully saturated rings. The van der Waals surface area contributed by atoms with Gasteiger partial charge in [0.15, 0.2) is 0 Å². The van der Waals surface area contributed by atoms with Gasteiger partial charge < -0.3 is 4.18 Å². The van der Waals surface area contributed by atoms with Gasteiger partial charge in [-0.2, -0.15) is 0 Å². The molecule has 4 heteroatoms. The Balaban J connectivity index is 2.45. The Morgan fingerprint density at radius 2 is 2.62 bits per heavy atom. The summed E-state index contributed by atoms with van der Waals surface area (Å²) in [6.07, 6.45) is 0.916. The van der Waals surface area contributed by atoms with Crippen LogP contribution in [0.3, 0.4) is 0 Å². The molecule has 1 aliphatic rings. The van der Waals surface area contributed by atoms with Crippen molar-refractivity contribution >= 4 is 28.2 Å². The highest BCUT2D eigenvalue weighted by Gasteiger charge is 2.05. The predicted octanol–water partition coefficient (Wildman–Crippen LogP) is 0.440. The maximum Gasteiger partial charge on any atom is 0.0950 e. The molecule has 0 N–H and O–H groups in total. The van der Waals surface area contributed by atoms with Gasteiger partial charge in [0.1, 0.15) is 0 Å². The first-order chi connectivity index (χ1) is 3.93. The van der Waals surface area contributed by atoms with Crippen LogP contribution in [0.15, 0.2) is 0 Å². The Morgan fingerprint density at radius 3 is 3.00 bits per heavy atom. The van der Waals surface area contributed by atoms with Crippen LogP contribution in [-0.4, -0.2) is 21.4 Å². The zero-order valence-electron chi connectivity index (χ0n) is 4.25. The van der Waals surface area contributed by atoms with E-state index in [9.17, 15) is 4.21 Å². The van der Waals surface area contributed by atoms with E-state index in [1.54, 1.807) is 0 Å². The van der Waals surface area contributed by atoms with Crippen LogP contribution in [0.2, 0.25) is 0 Å². The Labute approximate surface area is 55.9 Å². The molecule has 1 aliphatic heterocycles. The molecule has 0 unspecified atom stereocenters. The van der Waals surface area contributed by atoms with Crippen molar-refractivity contribution in [1.29, 1.82) is 0 Å². The van der Waals surface area contributed by atoms with Gasteiger partial charge in [-0.3, -0.25) is 0 Å². The topological polar surface area (TPSA) is 26.3 Å². The Kier molecular flexibility index (Phi) is 2.58. The summed E-state index contributed by atoms with van der Waals surface area (Å²) in [6, 6.07) is 0. The molecule has 1 heterocycles. The third-order valence-corrected chi connectivity index (χ3v) is 2.10. The fourth-order valence-electron chi connectivity index (χ4n) is 0.460. The largest absolute Gasteiger partial charge is 0.310 e. The van der Waals surface area contributed by atoms with Crippen LogP contribution in [0.1, 0.15) is 6.42 Å². The lowest BCUT2D eigenvalue weighted by atomic mass is 10.3. The average molecular weight is 150 g/mol. The zero-order valence-corrected chi connectivity index (χ0v) is 5.89. The van der Waals surface area contributed by atoms with Crippen molar-refractivity contribution in [2.75, 3.05) is 12.4 Å². The maximum atomic E-state index is 10.1. The van der Waals surface area contributed by atoms with E-state index in [1.165, 1.54) is 12.0 Å². The lowest BCUT2D eigenvalue weighted by molar-refractivity contribution is 0.437. The summed E-state index contributed by atoms with van der Waals surface area (Å²) in [4.78, 5) is 0.920. The van der Waals surface area contributed by atoms with E-state index in [1.807, 2.05) is 0 Å². The van der Waals surface area contributed by atoms with E-state index in [2.05, 4.69) is 0 Å². The van der Waals surface area contributed by atoms with E-state index in [-0.39, 0.29) is 0 Å². The summed E-state index contributed by atoms with van der Waals surface area (Å²) in [5.41, 5.74) is 0. The van der Waals surface area contributed by atoms with E-state index in [0.717, 1.165) is 17.0 Å². The standard InChI is InChI=1S/C4H6O2S2/c5-8-4-1-2-7-6-3-4/h1-3H2. The molecule has 0 saturated carbocycles. The minimum atomic E-state index is 0.541. The number of hydrogen-bond acceptors (Lipinski definition) is 3. The molecule has 8 heavy (non-hydrogen) atoms. The van der Waals surface area contributed by atoms with Gasteiger partial charge >= 0.3 is 0 Å². The molecule has 0 aromatic rings. The van der Waals surface area contributed by atoms with E-state index >= 15 is 0 Å². The Hall–Kier alpha value is 0.200. The molecule has 0 aliphatic carbocycles. The highest BCUT2D eigenvalue weighted by Crippen LogP contribution is 2.10. The minimum absolute atomic E-state index is 0.541. The van der Waals surface area contributed by atoms with Crippen LogP contribution >= 0.6 is 12.0 Å². The third kappa shape index (κ3) is 1.61. The smallest absolute Gasteiger partial charge is 0.0950 e. The van der Waals surface area contributed by atoms with Gasteiger partial charge in [0.25, 0.3) is 0 Å². The number of rotatable bonds is 0. The minimum Gasteiger partial charge on any atom is -0.310 e. The van der Waals surface area contributed by atoms with Gasteiger partial charge in [-0.15, -0.1) is 0 Å². The van der Waals surface area contributed by atoms with Crippen LogP contribution in [0, 0.1) is 0 Å². The van der Waals surface area contributed by atoms with Crippen LogP contribution < -0.4 is 0 Å². The van der Waals surface area contributed by atoms with Crippen molar-refractivity contribution in [2.45, 2.75) is 6.42 Å². The van der Waals surface area contributed by atoms with Crippen molar-refractivity contribution in [1.82, 2.24) is 0 Å². The van der Waals surface area contributed by atoms with Gasteiger partial charge in [-0.05, 0) is 18.5 Å². The highest BCUT2D eigenvalue weighted by atomic mass is 32.2. The molecule has 0 amide bonds. The molecule has 0 bridgehead atoms. The van der Waals surface area contributed by atoms with Crippen LogP contribution in [0.5, 0.6) is 0 Å². The van der Waals surface area contributed by atoms with E-state index in [4.69, 9.17) is 4.18 Å². The molecule has 46 valence electrons. The quantitative estimate of drug-likeness (QED) is 0.370. The molecule has 0 aromatic carbocycles. The monoisotopic (exact) mass is 150 g/mol. The van der Waals surface area contributed by atoms with Crippen molar-refractivity contribution in [3.05, 3.63) is 0 Å². The molecule has 1 rings (SSSR count). The SMILES string of the molecule is O=S=C1CCSOC1. The predicted molar refractivity (Wildman–Crippen MR) is 36.2 cm³/mol. The van der Waals surface area contributed by atoms with Crippen LogP contribution in [0.4, 0.5) is 0 Å². The molecule has 0 aromatic heterocycles. The molecular formula is C4H6O2S2. The van der Waals surface area contributed by atoms with Crippen molar-refractivity contribution in [3.8, 4) is 0 Å². The molecule has 0 atom stereocenters. The lowest BCUT2D eigenvalue weighted by Gasteiger charge is -2.08. The summed E-state index contributed by atoms with van der Waals surface area (Å²) < 4.78 is 15.0. The summed E-state index contributed by atoms with van der Waals surface area (Å²) in [6.45, 7) is 0.541. The van der Waals surface area contributed by atoms with Gasteiger partial charge in [-0.1, -0.05) is 0 Å². The van der Waals surface area contributed by atoms with E-state index in [0.29, 0.717) is 17.9 Å². The normalized spacial score (nSPS) is 20.8. The lowest BCUT2D eigenvalue weighted by Crippen LogP contribution is -2.12. The third-order valence-electron chi connectivity index (χ3n) is 0.885. The number of hydrogen-bond donors (Lipinski definition) is 0. The highest BCUT2D eigenvalue weighted by molar-refractivity contribution is 7.94. The second kappa shape index (κ2) is 3.27. The summed E-state index contributed by atoms with van der Waals surface area (Å²) >= 11 is 2.02.